The van der Waals surface area contributed by atoms with Crippen LogP contribution < -0.4 is 4.74 Å². The molecule has 19 heavy (non-hydrogen) atoms. The Morgan fingerprint density at radius 2 is 2.26 bits per heavy atom. The molecule has 1 aliphatic rings. The highest BCUT2D eigenvalue weighted by Crippen LogP contribution is 2.22. The Kier molecular flexibility index (Phi) is 4.80. The van der Waals surface area contributed by atoms with Gasteiger partial charge < -0.3 is 9.47 Å². The van der Waals surface area contributed by atoms with Crippen molar-refractivity contribution < 1.29 is 14.3 Å². The SMILES string of the molecule is COC(=O)CN1CCC[C@@H]1Cc1cccc(OC)c1. The number of hydrogen-bond acceptors (Lipinski definition) is 4. The third kappa shape index (κ3) is 3.70. The number of hydrogen-bond donors (Lipinski definition) is 0. The first kappa shape index (κ1) is 13.9. The number of carbonyl (C=O) groups is 1. The molecule has 104 valence electrons. The van der Waals surface area contributed by atoms with E-state index in [2.05, 4.69) is 17.0 Å². The summed E-state index contributed by atoms with van der Waals surface area (Å²) in [5.41, 5.74) is 1.25. The van der Waals surface area contributed by atoms with Crippen molar-refractivity contribution in [3.05, 3.63) is 29.8 Å². The predicted octanol–water partition coefficient (Wildman–Crippen LogP) is 1.88. The summed E-state index contributed by atoms with van der Waals surface area (Å²) in [6, 6.07) is 8.55. The highest BCUT2D eigenvalue weighted by atomic mass is 16.5. The third-order valence-electron chi connectivity index (χ3n) is 3.66. The normalized spacial score (nSPS) is 19.4. The summed E-state index contributed by atoms with van der Waals surface area (Å²) in [4.78, 5) is 13.6. The van der Waals surface area contributed by atoms with Gasteiger partial charge in [-0.25, -0.2) is 0 Å². The van der Waals surface area contributed by atoms with E-state index in [0.717, 1.165) is 31.6 Å². The van der Waals surface area contributed by atoms with Crippen LogP contribution in [0.15, 0.2) is 24.3 Å². The van der Waals surface area contributed by atoms with Gasteiger partial charge in [-0.05, 0) is 43.5 Å². The second kappa shape index (κ2) is 6.57. The second-order valence-electron chi connectivity index (χ2n) is 4.90. The van der Waals surface area contributed by atoms with Crippen LogP contribution in [-0.2, 0) is 16.0 Å². The Morgan fingerprint density at radius 1 is 1.42 bits per heavy atom. The van der Waals surface area contributed by atoms with Gasteiger partial charge in [-0.3, -0.25) is 9.69 Å². The molecule has 0 radical (unpaired) electrons. The molecule has 0 bridgehead atoms. The van der Waals surface area contributed by atoms with Crippen molar-refractivity contribution >= 4 is 5.97 Å². The van der Waals surface area contributed by atoms with Gasteiger partial charge in [0.2, 0.25) is 0 Å². The number of nitrogens with zero attached hydrogens (tertiary/aromatic N) is 1. The van der Waals surface area contributed by atoms with Crippen LogP contribution in [0.1, 0.15) is 18.4 Å². The maximum atomic E-state index is 11.4. The van der Waals surface area contributed by atoms with E-state index in [9.17, 15) is 4.79 Å². The molecule has 1 aromatic carbocycles. The summed E-state index contributed by atoms with van der Waals surface area (Å²) in [7, 11) is 3.12. The van der Waals surface area contributed by atoms with Crippen molar-refractivity contribution in [2.45, 2.75) is 25.3 Å². The first-order chi connectivity index (χ1) is 9.22. The monoisotopic (exact) mass is 263 g/mol. The Hall–Kier alpha value is -1.55. The van der Waals surface area contributed by atoms with E-state index in [1.165, 1.54) is 12.7 Å². The number of benzene rings is 1. The lowest BCUT2D eigenvalue weighted by molar-refractivity contribution is -0.142. The summed E-state index contributed by atoms with van der Waals surface area (Å²) in [6.07, 6.45) is 3.23. The quantitative estimate of drug-likeness (QED) is 0.760. The van der Waals surface area contributed by atoms with Gasteiger partial charge in [-0.1, -0.05) is 12.1 Å². The van der Waals surface area contributed by atoms with Crippen LogP contribution in [0.4, 0.5) is 0 Å². The fourth-order valence-electron chi connectivity index (χ4n) is 2.64. The Morgan fingerprint density at radius 3 is 3.00 bits per heavy atom. The molecule has 0 aliphatic carbocycles. The molecule has 0 amide bonds. The van der Waals surface area contributed by atoms with E-state index < -0.39 is 0 Å². The minimum Gasteiger partial charge on any atom is -0.497 e. The average Bonchev–Trinajstić information content (AvgIpc) is 2.86. The summed E-state index contributed by atoms with van der Waals surface area (Å²) in [5.74, 6) is 0.729. The van der Waals surface area contributed by atoms with Gasteiger partial charge in [-0.2, -0.15) is 0 Å². The molecule has 0 N–H and O–H groups in total. The van der Waals surface area contributed by atoms with Crippen molar-refractivity contribution in [1.29, 1.82) is 0 Å². The molecule has 0 unspecified atom stereocenters. The highest BCUT2D eigenvalue weighted by Gasteiger charge is 2.26. The molecule has 2 rings (SSSR count). The molecule has 1 heterocycles. The van der Waals surface area contributed by atoms with Gasteiger partial charge in [0.1, 0.15) is 5.75 Å². The first-order valence-electron chi connectivity index (χ1n) is 6.66. The molecule has 1 saturated heterocycles. The number of esters is 1. The van der Waals surface area contributed by atoms with Crippen LogP contribution in [0, 0.1) is 0 Å². The Labute approximate surface area is 114 Å². The van der Waals surface area contributed by atoms with Gasteiger partial charge in [0.25, 0.3) is 0 Å². The lowest BCUT2D eigenvalue weighted by Gasteiger charge is -2.23. The van der Waals surface area contributed by atoms with E-state index >= 15 is 0 Å². The van der Waals surface area contributed by atoms with E-state index in [4.69, 9.17) is 9.47 Å². The lowest BCUT2D eigenvalue weighted by atomic mass is 10.0. The number of likely N-dealkylation sites (tertiary alicyclic amines) is 1. The molecule has 4 nitrogen and oxygen atoms in total. The Balaban J connectivity index is 1.98. The highest BCUT2D eigenvalue weighted by molar-refractivity contribution is 5.71. The fraction of sp³-hybridized carbons (Fsp3) is 0.533. The second-order valence-corrected chi connectivity index (χ2v) is 4.90. The largest absolute Gasteiger partial charge is 0.497 e. The van der Waals surface area contributed by atoms with E-state index in [1.807, 2.05) is 12.1 Å². The molecule has 4 heteroatoms. The van der Waals surface area contributed by atoms with E-state index in [0.29, 0.717) is 12.6 Å². The summed E-state index contributed by atoms with van der Waals surface area (Å²) in [5, 5.41) is 0. The maximum absolute atomic E-state index is 11.4. The van der Waals surface area contributed by atoms with Crippen molar-refractivity contribution in [1.82, 2.24) is 4.90 Å². The predicted molar refractivity (Wildman–Crippen MR) is 73.3 cm³/mol. The number of ether oxygens (including phenoxy) is 2. The number of carbonyl (C=O) groups excluding carboxylic acids is 1. The first-order valence-corrected chi connectivity index (χ1v) is 6.66. The maximum Gasteiger partial charge on any atom is 0.319 e. The number of methoxy groups -OCH3 is 2. The standard InChI is InChI=1S/C15H21NO3/c1-18-14-7-3-5-12(10-14)9-13-6-4-8-16(13)11-15(17)19-2/h3,5,7,10,13H,4,6,8-9,11H2,1-2H3/t13-/m1/s1. The van der Waals surface area contributed by atoms with Crippen molar-refractivity contribution in [3.8, 4) is 5.75 Å². The Bertz CT molecular complexity index is 433. The number of rotatable bonds is 5. The van der Waals surface area contributed by atoms with Crippen LogP contribution in [0.3, 0.4) is 0 Å². The van der Waals surface area contributed by atoms with Gasteiger partial charge in [0.15, 0.2) is 0 Å². The molecule has 1 fully saturated rings. The molecular formula is C15H21NO3. The van der Waals surface area contributed by atoms with Gasteiger partial charge in [0, 0.05) is 6.04 Å². The fourth-order valence-corrected chi connectivity index (χ4v) is 2.64. The molecule has 1 aromatic rings. The van der Waals surface area contributed by atoms with Crippen molar-refractivity contribution in [2.24, 2.45) is 0 Å². The summed E-state index contributed by atoms with van der Waals surface area (Å²) < 4.78 is 9.99. The smallest absolute Gasteiger partial charge is 0.319 e. The average molecular weight is 263 g/mol. The summed E-state index contributed by atoms with van der Waals surface area (Å²) >= 11 is 0. The van der Waals surface area contributed by atoms with Gasteiger partial charge in [-0.15, -0.1) is 0 Å². The van der Waals surface area contributed by atoms with E-state index in [-0.39, 0.29) is 5.97 Å². The van der Waals surface area contributed by atoms with Crippen molar-refractivity contribution in [2.75, 3.05) is 27.3 Å². The van der Waals surface area contributed by atoms with Crippen LogP contribution in [0.25, 0.3) is 0 Å². The van der Waals surface area contributed by atoms with Crippen LogP contribution >= 0.6 is 0 Å². The minimum absolute atomic E-state index is 0.155. The van der Waals surface area contributed by atoms with Crippen LogP contribution in [-0.4, -0.2) is 44.2 Å². The van der Waals surface area contributed by atoms with Crippen LogP contribution in [0.5, 0.6) is 5.75 Å². The minimum atomic E-state index is -0.155. The van der Waals surface area contributed by atoms with Gasteiger partial charge >= 0.3 is 5.97 Å². The molecule has 0 spiro atoms. The molecule has 1 atom stereocenters. The summed E-state index contributed by atoms with van der Waals surface area (Å²) in [6.45, 7) is 1.37. The zero-order valence-corrected chi connectivity index (χ0v) is 11.6. The van der Waals surface area contributed by atoms with Crippen LogP contribution in [0.2, 0.25) is 0 Å². The zero-order valence-electron chi connectivity index (χ0n) is 11.6. The molecule has 0 saturated carbocycles. The van der Waals surface area contributed by atoms with Gasteiger partial charge in [0.05, 0.1) is 20.8 Å². The topological polar surface area (TPSA) is 38.8 Å². The zero-order chi connectivity index (χ0) is 13.7. The van der Waals surface area contributed by atoms with Crippen molar-refractivity contribution in [3.63, 3.8) is 0 Å². The van der Waals surface area contributed by atoms with E-state index in [1.54, 1.807) is 7.11 Å². The molecular weight excluding hydrogens is 242 g/mol. The molecule has 1 aliphatic heterocycles. The molecule has 0 aromatic heterocycles. The third-order valence-corrected chi connectivity index (χ3v) is 3.66. The lowest BCUT2D eigenvalue weighted by Crippen LogP contribution is -2.36.